The third-order valence-corrected chi connectivity index (χ3v) is 5.77. The number of nitrogens with one attached hydrogen (secondary N) is 2. The minimum atomic E-state index is -0.262. The number of rotatable bonds is 3. The van der Waals surface area contributed by atoms with E-state index >= 15 is 0 Å². The zero-order chi connectivity index (χ0) is 20.4. The van der Waals surface area contributed by atoms with Gasteiger partial charge in [0.2, 0.25) is 0 Å². The zero-order valence-electron chi connectivity index (χ0n) is 15.4. The molecule has 0 aliphatic heterocycles. The summed E-state index contributed by atoms with van der Waals surface area (Å²) in [5, 5.41) is 7.46. The number of amides is 1. The molecule has 0 spiro atoms. The summed E-state index contributed by atoms with van der Waals surface area (Å²) in [6.07, 6.45) is 0. The Kier molecular flexibility index (Phi) is 5.58. The largest absolute Gasteiger partial charge is 0.332 e. The number of carbonyl (C=O) groups excluding carboxylic acids is 1. The molecule has 0 saturated carbocycles. The van der Waals surface area contributed by atoms with Gasteiger partial charge in [-0.3, -0.25) is 10.1 Å². The van der Waals surface area contributed by atoms with Crippen LogP contribution in [0.5, 0.6) is 0 Å². The van der Waals surface area contributed by atoms with E-state index in [1.54, 1.807) is 23.5 Å². The van der Waals surface area contributed by atoms with E-state index in [2.05, 4.69) is 10.6 Å². The molecule has 0 saturated heterocycles. The lowest BCUT2D eigenvalue weighted by atomic mass is 10.1. The number of hydrogen-bond acceptors (Lipinski definition) is 4. The van der Waals surface area contributed by atoms with Crippen LogP contribution in [-0.2, 0) is 0 Å². The molecule has 0 fully saturated rings. The molecule has 4 nitrogen and oxygen atoms in total. The number of para-hydroxylation sites is 1. The number of anilines is 1. The van der Waals surface area contributed by atoms with Crippen LogP contribution >= 0.6 is 35.2 Å². The van der Waals surface area contributed by atoms with Crippen molar-refractivity contribution >= 4 is 62.1 Å². The Hall–Kier alpha value is -2.80. The van der Waals surface area contributed by atoms with Crippen LogP contribution < -0.4 is 10.6 Å². The minimum absolute atomic E-state index is 0.209. The molecule has 1 amide bonds. The lowest BCUT2D eigenvalue weighted by Crippen LogP contribution is -2.34. The van der Waals surface area contributed by atoms with Gasteiger partial charge < -0.3 is 5.32 Å². The zero-order valence-corrected chi connectivity index (χ0v) is 17.8. The van der Waals surface area contributed by atoms with Crippen molar-refractivity contribution in [1.82, 2.24) is 10.3 Å². The lowest BCUT2D eigenvalue weighted by molar-refractivity contribution is 0.0977. The summed E-state index contributed by atoms with van der Waals surface area (Å²) in [6.45, 7) is 1.94. The van der Waals surface area contributed by atoms with Crippen LogP contribution in [0, 0.1) is 6.92 Å². The smallest absolute Gasteiger partial charge is 0.257 e. The first kappa shape index (κ1) is 19.5. The maximum absolute atomic E-state index is 12.5. The van der Waals surface area contributed by atoms with Crippen LogP contribution in [0.15, 0.2) is 66.7 Å². The number of benzene rings is 3. The Balaban J connectivity index is 1.59. The summed E-state index contributed by atoms with van der Waals surface area (Å²) in [5.41, 5.74) is 4.03. The van der Waals surface area contributed by atoms with Crippen molar-refractivity contribution in [2.24, 2.45) is 0 Å². The van der Waals surface area contributed by atoms with E-state index in [1.165, 1.54) is 0 Å². The van der Waals surface area contributed by atoms with E-state index in [0.29, 0.717) is 10.6 Å². The van der Waals surface area contributed by atoms with Gasteiger partial charge in [-0.2, -0.15) is 0 Å². The predicted molar refractivity (Wildman–Crippen MR) is 125 cm³/mol. The van der Waals surface area contributed by atoms with E-state index < -0.39 is 0 Å². The number of aromatic nitrogens is 1. The molecule has 2 N–H and O–H groups in total. The van der Waals surface area contributed by atoms with Gasteiger partial charge in [0, 0.05) is 16.1 Å². The fraction of sp³-hybridized carbons (Fsp3) is 0.0455. The summed E-state index contributed by atoms with van der Waals surface area (Å²) in [5.74, 6) is -0.262. The Bertz CT molecular complexity index is 1200. The highest BCUT2D eigenvalue weighted by Crippen LogP contribution is 2.36. The first-order valence-corrected chi connectivity index (χ1v) is 10.4. The Morgan fingerprint density at radius 3 is 2.69 bits per heavy atom. The molecular formula is C22H16ClN3OS2. The molecule has 0 atom stereocenters. The van der Waals surface area contributed by atoms with Gasteiger partial charge in [-0.25, -0.2) is 4.98 Å². The van der Waals surface area contributed by atoms with E-state index in [1.807, 2.05) is 61.5 Å². The maximum atomic E-state index is 12.5. The fourth-order valence-corrected chi connectivity index (χ4v) is 4.28. The number of thiazole rings is 1. The number of carbonyl (C=O) groups is 1. The second-order valence-electron chi connectivity index (χ2n) is 6.45. The molecule has 4 rings (SSSR count). The molecule has 1 aromatic heterocycles. The maximum Gasteiger partial charge on any atom is 0.257 e. The number of hydrogen-bond donors (Lipinski definition) is 2. The molecule has 3 aromatic carbocycles. The van der Waals surface area contributed by atoms with Gasteiger partial charge in [-0.1, -0.05) is 41.4 Å². The number of nitrogens with zero attached hydrogens (tertiary/aromatic N) is 1. The summed E-state index contributed by atoms with van der Waals surface area (Å²) in [4.78, 5) is 17.2. The fourth-order valence-electron chi connectivity index (χ4n) is 2.90. The number of aryl methyl sites for hydroxylation is 1. The third-order valence-electron chi connectivity index (χ3n) is 4.26. The molecule has 0 aliphatic carbocycles. The molecule has 0 aliphatic rings. The Morgan fingerprint density at radius 1 is 1.07 bits per heavy atom. The SMILES string of the molecule is Cc1cccc(C(=O)NC(=S)Nc2ccc(Cl)cc2-c2nc3ccccc3s2)c1. The highest BCUT2D eigenvalue weighted by atomic mass is 35.5. The van der Waals surface area contributed by atoms with Gasteiger partial charge in [0.25, 0.3) is 5.91 Å². The molecule has 0 bridgehead atoms. The monoisotopic (exact) mass is 437 g/mol. The first-order valence-electron chi connectivity index (χ1n) is 8.84. The summed E-state index contributed by atoms with van der Waals surface area (Å²) in [6, 6.07) is 20.7. The molecule has 29 heavy (non-hydrogen) atoms. The highest BCUT2D eigenvalue weighted by Gasteiger charge is 2.14. The van der Waals surface area contributed by atoms with Crippen LogP contribution in [0.25, 0.3) is 20.8 Å². The van der Waals surface area contributed by atoms with Gasteiger partial charge in [0.1, 0.15) is 5.01 Å². The van der Waals surface area contributed by atoms with Crippen LogP contribution in [0.2, 0.25) is 5.02 Å². The van der Waals surface area contributed by atoms with E-state index in [4.69, 9.17) is 28.8 Å². The van der Waals surface area contributed by atoms with Crippen molar-refractivity contribution in [3.8, 4) is 10.6 Å². The van der Waals surface area contributed by atoms with Crippen molar-refractivity contribution in [1.29, 1.82) is 0 Å². The van der Waals surface area contributed by atoms with Crippen molar-refractivity contribution in [2.45, 2.75) is 6.92 Å². The van der Waals surface area contributed by atoms with E-state index in [0.717, 1.165) is 32.0 Å². The van der Waals surface area contributed by atoms with Gasteiger partial charge in [-0.05, 0) is 61.6 Å². The van der Waals surface area contributed by atoms with E-state index in [-0.39, 0.29) is 11.0 Å². The van der Waals surface area contributed by atoms with Gasteiger partial charge in [0.05, 0.1) is 15.9 Å². The van der Waals surface area contributed by atoms with Crippen molar-refractivity contribution in [3.05, 3.63) is 82.9 Å². The average molecular weight is 438 g/mol. The number of halogens is 1. The molecular weight excluding hydrogens is 422 g/mol. The topological polar surface area (TPSA) is 54.0 Å². The van der Waals surface area contributed by atoms with E-state index in [9.17, 15) is 4.79 Å². The van der Waals surface area contributed by atoms with Gasteiger partial charge in [0.15, 0.2) is 5.11 Å². The van der Waals surface area contributed by atoms with Gasteiger partial charge >= 0.3 is 0 Å². The Labute approximate surface area is 182 Å². The summed E-state index contributed by atoms with van der Waals surface area (Å²) >= 11 is 13.2. The van der Waals surface area contributed by atoms with Crippen molar-refractivity contribution in [3.63, 3.8) is 0 Å². The molecule has 7 heteroatoms. The van der Waals surface area contributed by atoms with Crippen LogP contribution in [0.3, 0.4) is 0 Å². The minimum Gasteiger partial charge on any atom is -0.332 e. The molecule has 0 radical (unpaired) electrons. The molecule has 0 unspecified atom stereocenters. The van der Waals surface area contributed by atoms with Gasteiger partial charge in [-0.15, -0.1) is 11.3 Å². The van der Waals surface area contributed by atoms with Crippen LogP contribution in [0.1, 0.15) is 15.9 Å². The first-order chi connectivity index (χ1) is 14.0. The quantitative estimate of drug-likeness (QED) is 0.383. The molecule has 144 valence electrons. The average Bonchev–Trinajstić information content (AvgIpc) is 3.13. The predicted octanol–water partition coefficient (Wildman–Crippen LogP) is 6.05. The van der Waals surface area contributed by atoms with Crippen LogP contribution in [-0.4, -0.2) is 16.0 Å². The second-order valence-corrected chi connectivity index (χ2v) is 8.33. The van der Waals surface area contributed by atoms with Crippen LogP contribution in [0.4, 0.5) is 5.69 Å². The Morgan fingerprint density at radius 2 is 1.90 bits per heavy atom. The number of thiocarbonyl (C=S) groups is 1. The second kappa shape index (κ2) is 8.29. The molecule has 4 aromatic rings. The van der Waals surface area contributed by atoms with Crippen molar-refractivity contribution in [2.75, 3.05) is 5.32 Å². The summed E-state index contributed by atoms with van der Waals surface area (Å²) < 4.78 is 1.09. The third kappa shape index (κ3) is 4.45. The lowest BCUT2D eigenvalue weighted by Gasteiger charge is -2.13. The standard InChI is InChI=1S/C22H16ClN3OS2/c1-13-5-4-6-14(11-13)20(27)26-22(28)25-17-10-9-15(23)12-16(17)21-24-18-7-2-3-8-19(18)29-21/h2-12H,1H3,(H2,25,26,27,28). The summed E-state index contributed by atoms with van der Waals surface area (Å²) in [7, 11) is 0. The van der Waals surface area contributed by atoms with Crippen molar-refractivity contribution < 1.29 is 4.79 Å². The highest BCUT2D eigenvalue weighted by molar-refractivity contribution is 7.80. The molecule has 1 heterocycles. The normalized spacial score (nSPS) is 10.7. The number of fused-ring (bicyclic) bond motifs is 1.